The second-order valence-electron chi connectivity index (χ2n) is 4.58. The molecule has 3 nitrogen and oxygen atoms in total. The highest BCUT2D eigenvalue weighted by Gasteiger charge is 2.30. The molecule has 0 heterocycles. The minimum Gasteiger partial charge on any atom is -0.480 e. The lowest BCUT2D eigenvalue weighted by Gasteiger charge is -2.25. The molecule has 0 spiro atoms. The van der Waals surface area contributed by atoms with E-state index in [1.165, 1.54) is 0 Å². The molecule has 19 heavy (non-hydrogen) atoms. The van der Waals surface area contributed by atoms with Gasteiger partial charge in [0.2, 0.25) is 0 Å². The van der Waals surface area contributed by atoms with E-state index in [2.05, 4.69) is 5.32 Å². The number of benzene rings is 1. The van der Waals surface area contributed by atoms with Gasteiger partial charge in [0.1, 0.15) is 5.54 Å². The van der Waals surface area contributed by atoms with E-state index in [4.69, 9.17) is 11.6 Å². The van der Waals surface area contributed by atoms with Gasteiger partial charge in [-0.25, -0.2) is 0 Å². The third-order valence-corrected chi connectivity index (χ3v) is 4.24. The Hall–Kier alpha value is -0.710. The maximum atomic E-state index is 11.2. The molecule has 5 heteroatoms. The fourth-order valence-corrected chi connectivity index (χ4v) is 3.00. The minimum absolute atomic E-state index is 0.615. The number of hydrogen-bond acceptors (Lipinski definition) is 3. The van der Waals surface area contributed by atoms with Gasteiger partial charge in [0.25, 0.3) is 0 Å². The van der Waals surface area contributed by atoms with Gasteiger partial charge in [-0.3, -0.25) is 4.79 Å². The minimum atomic E-state index is -0.830. The summed E-state index contributed by atoms with van der Waals surface area (Å²) in [5.74, 6) is 0.0938. The first-order valence-electron chi connectivity index (χ1n) is 6.35. The van der Waals surface area contributed by atoms with Crippen molar-refractivity contribution in [2.24, 2.45) is 0 Å². The zero-order chi connectivity index (χ0) is 14.3. The van der Waals surface area contributed by atoms with Gasteiger partial charge in [-0.15, -0.1) is 11.8 Å². The fraction of sp³-hybridized carbons (Fsp3) is 0.500. The number of aliphatic carboxylic acids is 1. The Kier molecular flexibility index (Phi) is 6.69. The summed E-state index contributed by atoms with van der Waals surface area (Å²) in [4.78, 5) is 12.4. The summed E-state index contributed by atoms with van der Waals surface area (Å²) in [6.45, 7) is 4.31. The quantitative estimate of drug-likeness (QED) is 0.568. The number of carboxylic acid groups (broad SMARTS) is 1. The summed E-state index contributed by atoms with van der Waals surface area (Å²) in [5, 5.41) is 13.0. The van der Waals surface area contributed by atoms with Crippen LogP contribution in [0.1, 0.15) is 26.7 Å². The zero-order valence-electron chi connectivity index (χ0n) is 11.3. The summed E-state index contributed by atoms with van der Waals surface area (Å²) in [5.41, 5.74) is -0.830. The molecule has 0 saturated heterocycles. The van der Waals surface area contributed by atoms with Crippen LogP contribution in [-0.4, -0.2) is 28.9 Å². The van der Waals surface area contributed by atoms with Gasteiger partial charge < -0.3 is 10.4 Å². The number of carboxylic acids is 1. The van der Waals surface area contributed by atoms with Crippen LogP contribution in [0.4, 0.5) is 0 Å². The van der Waals surface area contributed by atoms with E-state index < -0.39 is 11.5 Å². The van der Waals surface area contributed by atoms with Crippen LogP contribution < -0.4 is 5.32 Å². The molecule has 1 aromatic carbocycles. The predicted octanol–water partition coefficient (Wildman–Crippen LogP) is 3.67. The van der Waals surface area contributed by atoms with Gasteiger partial charge in [0.15, 0.2) is 0 Å². The van der Waals surface area contributed by atoms with Gasteiger partial charge in [-0.2, -0.15) is 0 Å². The van der Waals surface area contributed by atoms with Crippen molar-refractivity contribution in [3.8, 4) is 0 Å². The molecule has 0 fully saturated rings. The largest absolute Gasteiger partial charge is 0.480 e. The lowest BCUT2D eigenvalue weighted by molar-refractivity contribution is -0.144. The topological polar surface area (TPSA) is 49.3 Å². The molecule has 0 amide bonds. The van der Waals surface area contributed by atoms with Crippen LogP contribution in [0.3, 0.4) is 0 Å². The molecule has 106 valence electrons. The Morgan fingerprint density at radius 3 is 2.84 bits per heavy atom. The van der Waals surface area contributed by atoms with Crippen molar-refractivity contribution < 1.29 is 9.90 Å². The highest BCUT2D eigenvalue weighted by Crippen LogP contribution is 2.24. The normalized spacial score (nSPS) is 14.1. The lowest BCUT2D eigenvalue weighted by atomic mass is 9.96. The average Bonchev–Trinajstić information content (AvgIpc) is 2.35. The smallest absolute Gasteiger partial charge is 0.323 e. The maximum absolute atomic E-state index is 11.2. The SMILES string of the molecule is CCNC(C)(CCCSc1cccc(Cl)c1)C(=O)O. The van der Waals surface area contributed by atoms with Gasteiger partial charge >= 0.3 is 5.97 Å². The first-order valence-corrected chi connectivity index (χ1v) is 7.71. The molecular weight excluding hydrogens is 282 g/mol. The van der Waals surface area contributed by atoms with Gasteiger partial charge in [0.05, 0.1) is 0 Å². The number of thioether (sulfide) groups is 1. The Balaban J connectivity index is 2.39. The highest BCUT2D eigenvalue weighted by atomic mass is 35.5. The molecule has 0 saturated carbocycles. The second kappa shape index (κ2) is 7.78. The van der Waals surface area contributed by atoms with E-state index in [1.807, 2.05) is 31.2 Å². The van der Waals surface area contributed by atoms with Crippen molar-refractivity contribution >= 4 is 29.3 Å². The first kappa shape index (κ1) is 16.3. The summed E-state index contributed by atoms with van der Waals surface area (Å²) in [6.07, 6.45) is 1.46. The molecule has 0 bridgehead atoms. The number of rotatable bonds is 8. The van der Waals surface area contributed by atoms with Crippen molar-refractivity contribution in [3.63, 3.8) is 0 Å². The molecule has 0 aromatic heterocycles. The standard InChI is InChI=1S/C14H20ClNO2S/c1-3-16-14(2,13(17)18)8-5-9-19-12-7-4-6-11(15)10-12/h4,6-7,10,16H,3,5,8-9H2,1-2H3,(H,17,18). The van der Waals surface area contributed by atoms with Crippen LogP contribution in [-0.2, 0) is 4.79 Å². The van der Waals surface area contributed by atoms with Crippen molar-refractivity contribution in [2.45, 2.75) is 37.1 Å². The van der Waals surface area contributed by atoms with E-state index in [9.17, 15) is 9.90 Å². The van der Waals surface area contributed by atoms with Crippen LogP contribution in [0, 0.1) is 0 Å². The van der Waals surface area contributed by atoms with E-state index in [0.717, 1.165) is 22.1 Å². The predicted molar refractivity (Wildman–Crippen MR) is 81.1 cm³/mol. The molecule has 1 unspecified atom stereocenters. The molecule has 0 radical (unpaired) electrons. The molecule has 1 aromatic rings. The molecule has 1 rings (SSSR count). The van der Waals surface area contributed by atoms with Crippen molar-refractivity contribution in [3.05, 3.63) is 29.3 Å². The molecule has 0 aliphatic carbocycles. The molecule has 2 N–H and O–H groups in total. The lowest BCUT2D eigenvalue weighted by Crippen LogP contribution is -2.49. The van der Waals surface area contributed by atoms with E-state index in [0.29, 0.717) is 13.0 Å². The maximum Gasteiger partial charge on any atom is 0.323 e. The number of halogens is 1. The molecule has 0 aliphatic heterocycles. The van der Waals surface area contributed by atoms with Crippen LogP contribution in [0.15, 0.2) is 29.2 Å². The van der Waals surface area contributed by atoms with Gasteiger partial charge in [0, 0.05) is 9.92 Å². The molecule has 1 atom stereocenters. The molecular formula is C14H20ClNO2S. The summed E-state index contributed by atoms with van der Waals surface area (Å²) in [6, 6.07) is 7.70. The third kappa shape index (κ3) is 5.43. The second-order valence-corrected chi connectivity index (χ2v) is 6.18. The highest BCUT2D eigenvalue weighted by molar-refractivity contribution is 7.99. The number of carbonyl (C=O) groups is 1. The average molecular weight is 302 g/mol. The molecule has 0 aliphatic rings. The Bertz CT molecular complexity index is 428. The van der Waals surface area contributed by atoms with Crippen LogP contribution in [0.2, 0.25) is 5.02 Å². The van der Waals surface area contributed by atoms with Crippen molar-refractivity contribution in [1.29, 1.82) is 0 Å². The van der Waals surface area contributed by atoms with E-state index in [-0.39, 0.29) is 0 Å². The van der Waals surface area contributed by atoms with Crippen molar-refractivity contribution in [1.82, 2.24) is 5.32 Å². The van der Waals surface area contributed by atoms with Crippen molar-refractivity contribution in [2.75, 3.05) is 12.3 Å². The van der Waals surface area contributed by atoms with E-state index >= 15 is 0 Å². The number of hydrogen-bond donors (Lipinski definition) is 2. The summed E-state index contributed by atoms with van der Waals surface area (Å²) in [7, 11) is 0. The Morgan fingerprint density at radius 2 is 2.26 bits per heavy atom. The van der Waals surface area contributed by atoms with Gasteiger partial charge in [-0.05, 0) is 50.3 Å². The Labute approximate surface area is 123 Å². The first-order chi connectivity index (χ1) is 8.98. The zero-order valence-corrected chi connectivity index (χ0v) is 12.9. The van der Waals surface area contributed by atoms with Crippen LogP contribution in [0.5, 0.6) is 0 Å². The monoisotopic (exact) mass is 301 g/mol. The fourth-order valence-electron chi connectivity index (χ4n) is 1.83. The Morgan fingerprint density at radius 1 is 1.53 bits per heavy atom. The van der Waals surface area contributed by atoms with Gasteiger partial charge in [-0.1, -0.05) is 24.6 Å². The van der Waals surface area contributed by atoms with E-state index in [1.54, 1.807) is 18.7 Å². The number of likely N-dealkylation sites (N-methyl/N-ethyl adjacent to an activating group) is 1. The van der Waals surface area contributed by atoms with Crippen LogP contribution in [0.25, 0.3) is 0 Å². The summed E-state index contributed by atoms with van der Waals surface area (Å²) < 4.78 is 0. The number of nitrogens with one attached hydrogen (secondary N) is 1. The van der Waals surface area contributed by atoms with Crippen LogP contribution >= 0.6 is 23.4 Å². The third-order valence-electron chi connectivity index (χ3n) is 2.92. The summed E-state index contributed by atoms with van der Waals surface area (Å²) >= 11 is 7.61.